The van der Waals surface area contributed by atoms with Crippen molar-refractivity contribution in [3.8, 4) is 5.75 Å². The maximum Gasteiger partial charge on any atom is 0.296 e. The van der Waals surface area contributed by atoms with Crippen molar-refractivity contribution in [2.45, 2.75) is 39.2 Å². The Labute approximate surface area is 189 Å². The van der Waals surface area contributed by atoms with Crippen LogP contribution >= 0.6 is 11.3 Å². The van der Waals surface area contributed by atoms with Gasteiger partial charge in [-0.05, 0) is 43.2 Å². The number of aliphatic hydroxyl groups excluding tert-OH is 1. The average molecular weight is 454 g/mol. The van der Waals surface area contributed by atoms with Crippen LogP contribution in [0.4, 0.5) is 5.13 Å². The predicted molar refractivity (Wildman–Crippen MR) is 119 cm³/mol. The summed E-state index contributed by atoms with van der Waals surface area (Å²) in [5.74, 6) is -1.25. The van der Waals surface area contributed by atoms with Crippen LogP contribution in [0.15, 0.2) is 58.4 Å². The van der Waals surface area contributed by atoms with Gasteiger partial charge < -0.3 is 14.3 Å². The molecule has 1 aliphatic heterocycles. The van der Waals surface area contributed by atoms with E-state index in [0.29, 0.717) is 28.1 Å². The second kappa shape index (κ2) is 9.35. The minimum absolute atomic E-state index is 0.0339. The standard InChI is InChI=1S/C23H23N3O5S/c1-3-4-5-11-30-16-9-6-8-15(13-16)19-18(20(27)17-10-7-12-31-17)21(28)22(29)26(19)23-25-24-14(2)32-23/h6-10,12-13,19,28H,3-5,11H2,1-2H3. The summed E-state index contributed by atoms with van der Waals surface area (Å²) in [6.07, 6.45) is 4.46. The number of nitrogens with zero attached hydrogens (tertiary/aromatic N) is 3. The van der Waals surface area contributed by atoms with Crippen LogP contribution in [0.1, 0.15) is 53.4 Å². The number of Topliss-reactive ketones (excluding diaryl/α,β-unsaturated/α-hetero) is 1. The van der Waals surface area contributed by atoms with Crippen molar-refractivity contribution >= 4 is 28.2 Å². The quantitative estimate of drug-likeness (QED) is 0.367. The molecule has 9 heteroatoms. The van der Waals surface area contributed by atoms with Gasteiger partial charge in [0.25, 0.3) is 5.91 Å². The number of benzene rings is 1. The molecule has 1 unspecified atom stereocenters. The summed E-state index contributed by atoms with van der Waals surface area (Å²) in [5.41, 5.74) is 0.541. The van der Waals surface area contributed by atoms with Crippen molar-refractivity contribution in [1.29, 1.82) is 0 Å². The number of furan rings is 1. The first-order chi connectivity index (χ1) is 15.5. The van der Waals surface area contributed by atoms with Gasteiger partial charge in [0, 0.05) is 0 Å². The van der Waals surface area contributed by atoms with Gasteiger partial charge in [-0.15, -0.1) is 10.2 Å². The smallest absolute Gasteiger partial charge is 0.296 e. The minimum atomic E-state index is -0.897. The zero-order valence-corrected chi connectivity index (χ0v) is 18.6. The molecule has 0 spiro atoms. The number of carbonyl (C=O) groups excluding carboxylic acids is 2. The lowest BCUT2D eigenvalue weighted by Gasteiger charge is -2.24. The molecule has 2 aromatic heterocycles. The molecule has 166 valence electrons. The summed E-state index contributed by atoms with van der Waals surface area (Å²) in [7, 11) is 0. The molecule has 8 nitrogen and oxygen atoms in total. The Morgan fingerprint density at radius 3 is 2.78 bits per heavy atom. The van der Waals surface area contributed by atoms with E-state index in [1.165, 1.54) is 28.6 Å². The Bertz CT molecular complexity index is 1150. The van der Waals surface area contributed by atoms with Crippen molar-refractivity contribution in [2.75, 3.05) is 11.5 Å². The Morgan fingerprint density at radius 2 is 2.09 bits per heavy atom. The molecule has 3 aromatic rings. The summed E-state index contributed by atoms with van der Waals surface area (Å²) in [6.45, 7) is 4.46. The topological polar surface area (TPSA) is 106 Å². The largest absolute Gasteiger partial charge is 0.503 e. The maximum atomic E-state index is 13.2. The van der Waals surface area contributed by atoms with Crippen molar-refractivity contribution < 1.29 is 23.8 Å². The van der Waals surface area contributed by atoms with Crippen molar-refractivity contribution in [3.05, 3.63) is 70.3 Å². The third-order valence-electron chi connectivity index (χ3n) is 5.11. The number of hydrogen-bond donors (Lipinski definition) is 1. The molecule has 32 heavy (non-hydrogen) atoms. The van der Waals surface area contributed by atoms with Gasteiger partial charge in [0.1, 0.15) is 10.8 Å². The fourth-order valence-corrected chi connectivity index (χ4v) is 4.30. The second-order valence-electron chi connectivity index (χ2n) is 7.38. The van der Waals surface area contributed by atoms with Gasteiger partial charge >= 0.3 is 0 Å². The average Bonchev–Trinajstić information content (AvgIpc) is 3.52. The lowest BCUT2D eigenvalue weighted by atomic mass is 9.95. The first kappa shape index (κ1) is 21.8. The number of rotatable bonds is 9. The van der Waals surface area contributed by atoms with Crippen LogP contribution in [0.2, 0.25) is 0 Å². The van der Waals surface area contributed by atoms with E-state index in [1.54, 1.807) is 31.2 Å². The summed E-state index contributed by atoms with van der Waals surface area (Å²) in [4.78, 5) is 27.6. The normalized spacial score (nSPS) is 16.1. The molecular weight excluding hydrogens is 430 g/mol. The van der Waals surface area contributed by atoms with Crippen molar-refractivity contribution in [3.63, 3.8) is 0 Å². The Hall–Kier alpha value is -3.46. The molecule has 1 amide bonds. The fourth-order valence-electron chi connectivity index (χ4n) is 3.59. The third kappa shape index (κ3) is 4.16. The number of aryl methyl sites for hydroxylation is 1. The van der Waals surface area contributed by atoms with Gasteiger partial charge in [0.2, 0.25) is 10.9 Å². The van der Waals surface area contributed by atoms with Gasteiger partial charge in [-0.3, -0.25) is 14.5 Å². The van der Waals surface area contributed by atoms with Crippen LogP contribution in [0.5, 0.6) is 5.75 Å². The minimum Gasteiger partial charge on any atom is -0.503 e. The SMILES string of the molecule is CCCCCOc1cccc(C2C(C(=O)c3ccco3)=C(O)C(=O)N2c2nnc(C)s2)c1. The van der Waals surface area contributed by atoms with Gasteiger partial charge in [-0.25, -0.2) is 0 Å². The van der Waals surface area contributed by atoms with Crippen molar-refractivity contribution in [1.82, 2.24) is 10.2 Å². The zero-order chi connectivity index (χ0) is 22.7. The van der Waals surface area contributed by atoms with E-state index < -0.39 is 23.5 Å². The van der Waals surface area contributed by atoms with Crippen LogP contribution in [0.3, 0.4) is 0 Å². The van der Waals surface area contributed by atoms with Crippen molar-refractivity contribution in [2.24, 2.45) is 0 Å². The van der Waals surface area contributed by atoms with E-state index in [9.17, 15) is 14.7 Å². The van der Waals surface area contributed by atoms with Gasteiger partial charge in [0.15, 0.2) is 11.5 Å². The highest BCUT2D eigenvalue weighted by Gasteiger charge is 2.46. The molecule has 0 radical (unpaired) electrons. The van der Waals surface area contributed by atoms with E-state index in [0.717, 1.165) is 19.3 Å². The monoisotopic (exact) mass is 453 g/mol. The Kier molecular flexibility index (Phi) is 6.36. The fraction of sp³-hybridized carbons (Fsp3) is 0.304. The molecular formula is C23H23N3O5S. The van der Waals surface area contributed by atoms with Crippen LogP contribution in [0, 0.1) is 6.92 Å². The highest BCUT2D eigenvalue weighted by atomic mass is 32.1. The summed E-state index contributed by atoms with van der Waals surface area (Å²) in [6, 6.07) is 9.35. The van der Waals surface area contributed by atoms with Gasteiger partial charge in [0.05, 0.1) is 24.5 Å². The number of carbonyl (C=O) groups is 2. The van der Waals surface area contributed by atoms with Crippen LogP contribution in [-0.4, -0.2) is 33.6 Å². The molecule has 1 atom stereocenters. The van der Waals surface area contributed by atoms with E-state index in [-0.39, 0.29) is 11.3 Å². The summed E-state index contributed by atoms with van der Waals surface area (Å²) < 4.78 is 11.1. The summed E-state index contributed by atoms with van der Waals surface area (Å²) >= 11 is 1.20. The van der Waals surface area contributed by atoms with E-state index in [1.807, 2.05) is 6.07 Å². The molecule has 0 fully saturated rings. The van der Waals surface area contributed by atoms with Crippen LogP contribution < -0.4 is 9.64 Å². The Morgan fingerprint density at radius 1 is 1.25 bits per heavy atom. The lowest BCUT2D eigenvalue weighted by Crippen LogP contribution is -2.31. The number of unbranched alkanes of at least 4 members (excludes halogenated alkanes) is 2. The van der Waals surface area contributed by atoms with E-state index >= 15 is 0 Å². The molecule has 0 saturated carbocycles. The van der Waals surface area contributed by atoms with Crippen LogP contribution in [-0.2, 0) is 4.79 Å². The molecule has 4 rings (SSSR count). The zero-order valence-electron chi connectivity index (χ0n) is 17.8. The molecule has 3 heterocycles. The number of amides is 1. The number of ketones is 1. The third-order valence-corrected chi connectivity index (χ3v) is 5.95. The maximum absolute atomic E-state index is 13.2. The number of ether oxygens (including phenoxy) is 1. The highest BCUT2D eigenvalue weighted by molar-refractivity contribution is 7.15. The molecule has 1 aliphatic rings. The predicted octanol–water partition coefficient (Wildman–Crippen LogP) is 4.79. The van der Waals surface area contributed by atoms with E-state index in [4.69, 9.17) is 9.15 Å². The number of aromatic nitrogens is 2. The Balaban J connectivity index is 1.75. The number of aliphatic hydroxyl groups is 1. The number of hydrogen-bond acceptors (Lipinski definition) is 8. The first-order valence-electron chi connectivity index (χ1n) is 10.4. The molecule has 0 aliphatic carbocycles. The number of anilines is 1. The second-order valence-corrected chi connectivity index (χ2v) is 8.54. The molecule has 0 bridgehead atoms. The van der Waals surface area contributed by atoms with Crippen LogP contribution in [0.25, 0.3) is 0 Å². The van der Waals surface area contributed by atoms with Gasteiger partial charge in [-0.1, -0.05) is 43.2 Å². The molecule has 1 N–H and O–H groups in total. The molecule has 1 aromatic carbocycles. The highest BCUT2D eigenvalue weighted by Crippen LogP contribution is 2.43. The van der Waals surface area contributed by atoms with E-state index in [2.05, 4.69) is 17.1 Å². The summed E-state index contributed by atoms with van der Waals surface area (Å²) in [5, 5.41) is 19.7. The van der Waals surface area contributed by atoms with Gasteiger partial charge in [-0.2, -0.15) is 0 Å². The molecule has 0 saturated heterocycles. The lowest BCUT2D eigenvalue weighted by molar-refractivity contribution is -0.117. The first-order valence-corrected chi connectivity index (χ1v) is 11.2.